The van der Waals surface area contributed by atoms with Crippen LogP contribution in [0.2, 0.25) is 0 Å². The Labute approximate surface area is 172 Å². The Morgan fingerprint density at radius 1 is 1.10 bits per heavy atom. The van der Waals surface area contributed by atoms with Crippen LogP contribution in [0.25, 0.3) is 0 Å². The van der Waals surface area contributed by atoms with Gasteiger partial charge in [-0.05, 0) is 54.5 Å². The predicted molar refractivity (Wildman–Crippen MR) is 103 cm³/mol. The van der Waals surface area contributed by atoms with Crippen molar-refractivity contribution in [3.05, 3.63) is 59.4 Å². The maximum Gasteiger partial charge on any atom is 0.416 e. The second-order valence-corrected chi connectivity index (χ2v) is 8.54. The Balaban J connectivity index is 1.32. The molecule has 0 unspecified atom stereocenters. The monoisotopic (exact) mass is 420 g/mol. The number of alkyl halides is 3. The minimum Gasteiger partial charge on any atom is -0.506 e. The van der Waals surface area contributed by atoms with Gasteiger partial charge in [0, 0.05) is 19.5 Å². The van der Waals surface area contributed by atoms with Crippen molar-refractivity contribution >= 4 is 5.78 Å². The molecule has 1 aliphatic heterocycles. The minimum absolute atomic E-state index is 0.00888. The molecular formula is C22H23F3N2O3. The number of likely N-dealkylation sites (tertiary alicyclic amines) is 1. The van der Waals surface area contributed by atoms with Crippen molar-refractivity contribution < 1.29 is 28.2 Å². The standard InChI is InChI=1S/C22H23F3N2O3/c23-22(24,25)17-3-1-14(2-4-17)7-21(30)8-15-11-27(12-16(15)9-21)13-20(29)19-6-5-18(28)10-26-19/h1-6,10,15-16,28,30H,7-9,11-13H2/t15-,16-/m0/s1. The number of rotatable bonds is 5. The zero-order valence-corrected chi connectivity index (χ0v) is 16.3. The average molecular weight is 420 g/mol. The highest BCUT2D eigenvalue weighted by molar-refractivity contribution is 5.95. The van der Waals surface area contributed by atoms with E-state index < -0.39 is 17.3 Å². The van der Waals surface area contributed by atoms with E-state index in [4.69, 9.17) is 0 Å². The summed E-state index contributed by atoms with van der Waals surface area (Å²) < 4.78 is 38.1. The summed E-state index contributed by atoms with van der Waals surface area (Å²) in [6.07, 6.45) is -1.65. The molecule has 2 atom stereocenters. The van der Waals surface area contributed by atoms with E-state index in [-0.39, 0.29) is 29.9 Å². The molecule has 2 fully saturated rings. The molecule has 0 spiro atoms. The fourth-order valence-electron chi connectivity index (χ4n) is 4.86. The van der Waals surface area contributed by atoms with Crippen LogP contribution in [0, 0.1) is 11.8 Å². The second-order valence-electron chi connectivity index (χ2n) is 8.54. The molecule has 4 rings (SSSR count). The van der Waals surface area contributed by atoms with Crippen LogP contribution in [0.3, 0.4) is 0 Å². The topological polar surface area (TPSA) is 73.7 Å². The van der Waals surface area contributed by atoms with E-state index in [9.17, 15) is 28.2 Å². The van der Waals surface area contributed by atoms with Crippen molar-refractivity contribution in [1.29, 1.82) is 0 Å². The van der Waals surface area contributed by atoms with Gasteiger partial charge in [0.25, 0.3) is 0 Å². The molecule has 2 N–H and O–H groups in total. The summed E-state index contributed by atoms with van der Waals surface area (Å²) in [6, 6.07) is 7.91. The molecule has 1 aromatic carbocycles. The molecule has 2 heterocycles. The second kappa shape index (κ2) is 7.67. The maximum absolute atomic E-state index is 12.7. The van der Waals surface area contributed by atoms with Gasteiger partial charge in [0.15, 0.2) is 5.78 Å². The molecule has 1 aromatic heterocycles. The highest BCUT2D eigenvalue weighted by Gasteiger charge is 2.48. The van der Waals surface area contributed by atoms with Gasteiger partial charge in [-0.1, -0.05) is 12.1 Å². The third-order valence-electron chi connectivity index (χ3n) is 6.15. The summed E-state index contributed by atoms with van der Waals surface area (Å²) in [6.45, 7) is 1.63. The summed E-state index contributed by atoms with van der Waals surface area (Å²) in [7, 11) is 0. The fourth-order valence-corrected chi connectivity index (χ4v) is 4.86. The van der Waals surface area contributed by atoms with Crippen molar-refractivity contribution in [2.75, 3.05) is 19.6 Å². The van der Waals surface area contributed by atoms with E-state index in [1.165, 1.54) is 30.5 Å². The van der Waals surface area contributed by atoms with Gasteiger partial charge in [-0.2, -0.15) is 13.2 Å². The van der Waals surface area contributed by atoms with Crippen molar-refractivity contribution in [3.8, 4) is 5.75 Å². The van der Waals surface area contributed by atoms with Crippen LogP contribution in [0.4, 0.5) is 13.2 Å². The number of nitrogens with zero attached hydrogens (tertiary/aromatic N) is 2. The number of halogens is 3. The number of ketones is 1. The van der Waals surface area contributed by atoms with E-state index in [0.717, 1.165) is 12.1 Å². The normalized spacial score (nSPS) is 23.5. The van der Waals surface area contributed by atoms with E-state index in [1.807, 2.05) is 0 Å². The largest absolute Gasteiger partial charge is 0.506 e. The Hall–Kier alpha value is -2.45. The summed E-state index contributed by atoms with van der Waals surface area (Å²) in [5.74, 6) is 0.402. The number of pyridine rings is 1. The molecule has 2 aromatic rings. The molecule has 0 amide bonds. The molecule has 2 aliphatic rings. The van der Waals surface area contributed by atoms with Crippen LogP contribution in [0.5, 0.6) is 5.75 Å². The lowest BCUT2D eigenvalue weighted by Crippen LogP contribution is -2.34. The highest BCUT2D eigenvalue weighted by atomic mass is 19.4. The Kier molecular flexibility index (Phi) is 5.32. The van der Waals surface area contributed by atoms with Gasteiger partial charge < -0.3 is 10.2 Å². The number of carbonyl (C=O) groups is 1. The number of hydrogen-bond acceptors (Lipinski definition) is 5. The molecule has 1 saturated heterocycles. The van der Waals surface area contributed by atoms with Gasteiger partial charge in [-0.3, -0.25) is 9.69 Å². The maximum atomic E-state index is 12.7. The zero-order chi connectivity index (χ0) is 21.5. The van der Waals surface area contributed by atoms with Crippen molar-refractivity contribution in [3.63, 3.8) is 0 Å². The number of carbonyl (C=O) groups excluding carboxylic acids is 1. The molecule has 1 aliphatic carbocycles. The highest BCUT2D eigenvalue weighted by Crippen LogP contribution is 2.45. The van der Waals surface area contributed by atoms with Gasteiger partial charge in [0.1, 0.15) is 11.4 Å². The average Bonchev–Trinajstić information content (AvgIpc) is 3.15. The van der Waals surface area contributed by atoms with Crippen LogP contribution in [-0.4, -0.2) is 51.1 Å². The molecule has 1 saturated carbocycles. The van der Waals surface area contributed by atoms with Gasteiger partial charge in [0.2, 0.25) is 0 Å². The fraction of sp³-hybridized carbons (Fsp3) is 0.455. The minimum atomic E-state index is -4.36. The first-order valence-electron chi connectivity index (χ1n) is 9.90. The third-order valence-corrected chi connectivity index (χ3v) is 6.15. The van der Waals surface area contributed by atoms with E-state index in [1.54, 1.807) is 0 Å². The first-order valence-corrected chi connectivity index (χ1v) is 9.90. The number of hydrogen-bond donors (Lipinski definition) is 2. The van der Waals surface area contributed by atoms with Crippen LogP contribution < -0.4 is 0 Å². The Morgan fingerprint density at radius 3 is 2.27 bits per heavy atom. The molecule has 0 bridgehead atoms. The van der Waals surface area contributed by atoms with Crippen molar-refractivity contribution in [1.82, 2.24) is 9.88 Å². The zero-order valence-electron chi connectivity index (χ0n) is 16.3. The molecule has 160 valence electrons. The number of aromatic nitrogens is 1. The van der Waals surface area contributed by atoms with Gasteiger partial charge in [0.05, 0.1) is 23.9 Å². The number of Topliss-reactive ketones (excluding diaryl/α,β-unsaturated/α-hetero) is 1. The molecule has 0 radical (unpaired) electrons. The quantitative estimate of drug-likeness (QED) is 0.727. The number of fused-ring (bicyclic) bond motifs is 1. The summed E-state index contributed by atoms with van der Waals surface area (Å²) in [5.41, 5.74) is -0.617. The van der Waals surface area contributed by atoms with Crippen molar-refractivity contribution in [2.24, 2.45) is 11.8 Å². The first kappa shape index (κ1) is 20.8. The van der Waals surface area contributed by atoms with Crippen LogP contribution >= 0.6 is 0 Å². The molecule has 8 heteroatoms. The van der Waals surface area contributed by atoms with E-state index in [2.05, 4.69) is 9.88 Å². The predicted octanol–water partition coefficient (Wildman–Crippen LogP) is 3.30. The third kappa shape index (κ3) is 4.49. The number of aliphatic hydroxyl groups is 1. The van der Waals surface area contributed by atoms with Gasteiger partial charge in [-0.25, -0.2) is 4.98 Å². The van der Waals surface area contributed by atoms with Crippen molar-refractivity contribution in [2.45, 2.75) is 31.0 Å². The molecular weight excluding hydrogens is 397 g/mol. The summed E-state index contributed by atoms with van der Waals surface area (Å²) in [4.78, 5) is 18.4. The number of aromatic hydroxyl groups is 1. The van der Waals surface area contributed by atoms with Crippen LogP contribution in [-0.2, 0) is 12.6 Å². The van der Waals surface area contributed by atoms with Gasteiger partial charge >= 0.3 is 6.18 Å². The smallest absolute Gasteiger partial charge is 0.416 e. The lowest BCUT2D eigenvalue weighted by molar-refractivity contribution is -0.137. The SMILES string of the molecule is O=C(CN1C[C@@H]2CC(O)(Cc3ccc(C(F)(F)F)cc3)C[C@H]2C1)c1ccc(O)cn1. The van der Waals surface area contributed by atoms with Gasteiger partial charge in [-0.15, -0.1) is 0 Å². The molecule has 5 nitrogen and oxygen atoms in total. The molecule has 30 heavy (non-hydrogen) atoms. The first-order chi connectivity index (χ1) is 14.1. The van der Waals surface area contributed by atoms with E-state index in [0.29, 0.717) is 43.6 Å². The van der Waals surface area contributed by atoms with Crippen LogP contribution in [0.15, 0.2) is 42.6 Å². The Morgan fingerprint density at radius 2 is 1.73 bits per heavy atom. The Bertz CT molecular complexity index is 899. The summed E-state index contributed by atoms with van der Waals surface area (Å²) in [5, 5.41) is 20.3. The van der Waals surface area contributed by atoms with Crippen LogP contribution in [0.1, 0.15) is 34.5 Å². The number of benzene rings is 1. The lowest BCUT2D eigenvalue weighted by atomic mass is 9.91. The van der Waals surface area contributed by atoms with E-state index >= 15 is 0 Å². The lowest BCUT2D eigenvalue weighted by Gasteiger charge is -2.26. The summed E-state index contributed by atoms with van der Waals surface area (Å²) >= 11 is 0.